The molecule has 1 saturated carbocycles. The molecule has 0 aromatic carbocycles. The third-order valence-electron chi connectivity index (χ3n) is 4.39. The third kappa shape index (κ3) is 2.90. The fraction of sp³-hybridized carbons (Fsp3) is 0.688. The molecule has 0 bridgehead atoms. The molecule has 1 aromatic rings. The highest BCUT2D eigenvalue weighted by molar-refractivity contribution is 5.95. The molecular weight excluding hydrogens is 252 g/mol. The molecule has 2 unspecified atom stereocenters. The van der Waals surface area contributed by atoms with Gasteiger partial charge in [-0.3, -0.25) is 4.79 Å². The van der Waals surface area contributed by atoms with Crippen molar-refractivity contribution in [2.24, 2.45) is 5.92 Å². The highest BCUT2D eigenvalue weighted by Gasteiger charge is 2.26. The summed E-state index contributed by atoms with van der Waals surface area (Å²) in [5.74, 6) is 0.191. The van der Waals surface area contributed by atoms with E-state index in [1.165, 1.54) is 0 Å². The van der Waals surface area contributed by atoms with Gasteiger partial charge in [-0.1, -0.05) is 6.42 Å². The van der Waals surface area contributed by atoms with E-state index in [0.717, 1.165) is 36.2 Å². The third-order valence-corrected chi connectivity index (χ3v) is 4.39. The normalized spacial score (nSPS) is 22.5. The molecule has 0 spiro atoms. The molecule has 4 heteroatoms. The molecule has 1 amide bonds. The number of nitrogens with zero attached hydrogens (tertiary/aromatic N) is 1. The number of carbonyl (C=O) groups is 1. The Morgan fingerprint density at radius 1 is 1.45 bits per heavy atom. The monoisotopic (exact) mass is 278 g/mol. The van der Waals surface area contributed by atoms with E-state index < -0.39 is 0 Å². The van der Waals surface area contributed by atoms with Crippen LogP contribution in [0, 0.1) is 19.8 Å². The largest absolute Gasteiger partial charge is 0.393 e. The predicted molar refractivity (Wildman–Crippen MR) is 80.0 cm³/mol. The molecule has 112 valence electrons. The zero-order valence-corrected chi connectivity index (χ0v) is 12.9. The second-order valence-corrected chi connectivity index (χ2v) is 6.22. The molecule has 0 saturated heterocycles. The van der Waals surface area contributed by atoms with Crippen molar-refractivity contribution in [3.8, 4) is 0 Å². The van der Waals surface area contributed by atoms with Crippen LogP contribution in [0.25, 0.3) is 0 Å². The number of aliphatic hydroxyl groups excluding tert-OH is 1. The Hall–Kier alpha value is -1.29. The Kier molecular flexibility index (Phi) is 4.53. The molecule has 0 radical (unpaired) electrons. The van der Waals surface area contributed by atoms with Crippen LogP contribution in [-0.4, -0.2) is 28.2 Å². The van der Waals surface area contributed by atoms with Gasteiger partial charge in [-0.2, -0.15) is 0 Å². The fourth-order valence-corrected chi connectivity index (χ4v) is 3.38. The number of aliphatic hydroxyl groups is 1. The smallest absolute Gasteiger partial charge is 0.253 e. The number of aromatic nitrogens is 1. The summed E-state index contributed by atoms with van der Waals surface area (Å²) in [7, 11) is 0. The summed E-state index contributed by atoms with van der Waals surface area (Å²) in [4.78, 5) is 12.3. The Morgan fingerprint density at radius 3 is 2.65 bits per heavy atom. The second kappa shape index (κ2) is 6.00. The molecule has 1 aliphatic carbocycles. The van der Waals surface area contributed by atoms with Crippen molar-refractivity contribution in [3.63, 3.8) is 0 Å². The van der Waals surface area contributed by atoms with Gasteiger partial charge in [0.2, 0.25) is 0 Å². The molecule has 1 fully saturated rings. The van der Waals surface area contributed by atoms with Gasteiger partial charge in [-0.05, 0) is 46.6 Å². The van der Waals surface area contributed by atoms with Crippen molar-refractivity contribution in [2.45, 2.75) is 59.1 Å². The maximum atomic E-state index is 12.3. The van der Waals surface area contributed by atoms with Crippen LogP contribution in [0.2, 0.25) is 0 Å². The lowest BCUT2D eigenvalue weighted by Crippen LogP contribution is -2.32. The Morgan fingerprint density at radius 2 is 2.15 bits per heavy atom. The lowest BCUT2D eigenvalue weighted by molar-refractivity contribution is 0.0916. The first-order chi connectivity index (χ1) is 9.41. The van der Waals surface area contributed by atoms with Crippen LogP contribution in [0.1, 0.15) is 60.9 Å². The molecule has 2 rings (SSSR count). The van der Waals surface area contributed by atoms with Gasteiger partial charge in [0.25, 0.3) is 5.91 Å². The van der Waals surface area contributed by atoms with Crippen LogP contribution in [-0.2, 0) is 0 Å². The maximum Gasteiger partial charge on any atom is 0.253 e. The zero-order valence-electron chi connectivity index (χ0n) is 12.9. The summed E-state index contributed by atoms with van der Waals surface area (Å²) in [5, 5.41) is 12.8. The van der Waals surface area contributed by atoms with Crippen LogP contribution >= 0.6 is 0 Å². The quantitative estimate of drug-likeness (QED) is 0.889. The van der Waals surface area contributed by atoms with Crippen LogP contribution in [0.5, 0.6) is 0 Å². The number of aryl methyl sites for hydroxylation is 1. The second-order valence-electron chi connectivity index (χ2n) is 6.22. The number of nitrogens with one attached hydrogen (secondary N) is 1. The molecule has 20 heavy (non-hydrogen) atoms. The van der Waals surface area contributed by atoms with Gasteiger partial charge < -0.3 is 15.0 Å². The van der Waals surface area contributed by atoms with Gasteiger partial charge >= 0.3 is 0 Å². The number of hydrogen-bond acceptors (Lipinski definition) is 2. The van der Waals surface area contributed by atoms with Crippen molar-refractivity contribution >= 4 is 5.91 Å². The first kappa shape index (κ1) is 15.1. The van der Waals surface area contributed by atoms with Crippen molar-refractivity contribution in [1.29, 1.82) is 0 Å². The molecule has 1 heterocycles. The molecule has 0 aliphatic heterocycles. The lowest BCUT2D eigenvalue weighted by atomic mass is 10.1. The van der Waals surface area contributed by atoms with Gasteiger partial charge in [-0.15, -0.1) is 0 Å². The first-order valence-electron chi connectivity index (χ1n) is 7.56. The van der Waals surface area contributed by atoms with E-state index in [2.05, 4.69) is 23.7 Å². The Labute approximate surface area is 121 Å². The molecule has 1 aromatic heterocycles. The van der Waals surface area contributed by atoms with E-state index >= 15 is 0 Å². The molecule has 1 aliphatic rings. The molecular formula is C16H26N2O2. The van der Waals surface area contributed by atoms with Crippen LogP contribution in [0.3, 0.4) is 0 Å². The Bertz CT molecular complexity index is 491. The fourth-order valence-electron chi connectivity index (χ4n) is 3.38. The van der Waals surface area contributed by atoms with Crippen LogP contribution < -0.4 is 5.32 Å². The standard InChI is InChI=1S/C16H26N2O2/c1-10(2)18-11(3)8-14(12(18)4)16(20)17-9-13-6-5-7-15(13)19/h8,10,13,15,19H,5-7,9H2,1-4H3,(H,17,20). The van der Waals surface area contributed by atoms with Crippen molar-refractivity contribution < 1.29 is 9.90 Å². The lowest BCUT2D eigenvalue weighted by Gasteiger charge is -2.16. The summed E-state index contributed by atoms with van der Waals surface area (Å²) in [6.45, 7) is 8.84. The summed E-state index contributed by atoms with van der Waals surface area (Å²) in [6, 6.07) is 2.31. The van der Waals surface area contributed by atoms with E-state index in [1.807, 2.05) is 19.9 Å². The summed E-state index contributed by atoms with van der Waals surface area (Å²) in [5.41, 5.74) is 2.88. The average Bonchev–Trinajstić information content (AvgIpc) is 2.90. The van der Waals surface area contributed by atoms with E-state index in [4.69, 9.17) is 0 Å². The topological polar surface area (TPSA) is 54.3 Å². The Balaban J connectivity index is 2.04. The molecule has 2 atom stereocenters. The summed E-state index contributed by atoms with van der Waals surface area (Å²) >= 11 is 0. The minimum Gasteiger partial charge on any atom is -0.393 e. The van der Waals surface area contributed by atoms with E-state index in [0.29, 0.717) is 12.6 Å². The van der Waals surface area contributed by atoms with E-state index in [-0.39, 0.29) is 17.9 Å². The van der Waals surface area contributed by atoms with Gasteiger partial charge in [0, 0.05) is 29.9 Å². The number of rotatable bonds is 4. The van der Waals surface area contributed by atoms with E-state index in [9.17, 15) is 9.90 Å². The van der Waals surface area contributed by atoms with Gasteiger partial charge in [-0.25, -0.2) is 0 Å². The van der Waals surface area contributed by atoms with Crippen molar-refractivity contribution in [1.82, 2.24) is 9.88 Å². The number of amides is 1. The maximum absolute atomic E-state index is 12.3. The summed E-state index contributed by atoms with van der Waals surface area (Å²) < 4.78 is 2.18. The van der Waals surface area contributed by atoms with Gasteiger partial charge in [0.15, 0.2) is 0 Å². The van der Waals surface area contributed by atoms with Gasteiger partial charge in [0.05, 0.1) is 11.7 Å². The average molecular weight is 278 g/mol. The molecule has 4 nitrogen and oxygen atoms in total. The van der Waals surface area contributed by atoms with E-state index in [1.54, 1.807) is 0 Å². The van der Waals surface area contributed by atoms with Crippen LogP contribution in [0.4, 0.5) is 0 Å². The highest BCUT2D eigenvalue weighted by Crippen LogP contribution is 2.25. The van der Waals surface area contributed by atoms with Crippen molar-refractivity contribution in [3.05, 3.63) is 23.0 Å². The highest BCUT2D eigenvalue weighted by atomic mass is 16.3. The number of carbonyl (C=O) groups excluding carboxylic acids is 1. The van der Waals surface area contributed by atoms with Gasteiger partial charge in [0.1, 0.15) is 0 Å². The van der Waals surface area contributed by atoms with Crippen LogP contribution in [0.15, 0.2) is 6.07 Å². The SMILES string of the molecule is Cc1cc(C(=O)NCC2CCCC2O)c(C)n1C(C)C. The zero-order chi connectivity index (χ0) is 14.9. The number of hydrogen-bond donors (Lipinski definition) is 2. The minimum absolute atomic E-state index is 0.0240. The summed E-state index contributed by atoms with van der Waals surface area (Å²) in [6.07, 6.45) is 2.68. The predicted octanol–water partition coefficient (Wildman–Crippen LogP) is 2.58. The van der Waals surface area contributed by atoms with Crippen molar-refractivity contribution in [2.75, 3.05) is 6.54 Å². The molecule has 2 N–H and O–H groups in total. The minimum atomic E-state index is -0.251. The first-order valence-corrected chi connectivity index (χ1v) is 7.56.